The number of hydrogen-bond donors (Lipinski definition) is 1. The largest absolute Gasteiger partial charge is 0.482 e. The van der Waals surface area contributed by atoms with Gasteiger partial charge in [0.25, 0.3) is 12.3 Å². The molecule has 20 heavy (non-hydrogen) atoms. The smallest absolute Gasteiger partial charge is 0.260 e. The third-order valence-electron chi connectivity index (χ3n) is 2.33. The van der Waals surface area contributed by atoms with Crippen LogP contribution in [-0.4, -0.2) is 48.6 Å². The molecule has 0 aliphatic heterocycles. The summed E-state index contributed by atoms with van der Waals surface area (Å²) < 4.78 is 42.4. The van der Waals surface area contributed by atoms with Gasteiger partial charge in [0.05, 0.1) is 18.2 Å². The summed E-state index contributed by atoms with van der Waals surface area (Å²) in [5.74, 6) is -1.21. The highest BCUT2D eigenvalue weighted by atomic mass is 35.5. The molecule has 0 aliphatic rings. The summed E-state index contributed by atoms with van der Waals surface area (Å²) in [6.07, 6.45) is -2.71. The molecular weight excluding hydrogens is 299 g/mol. The number of carbonyl (C=O) groups excluding carboxylic acids is 1. The first-order valence-electron chi connectivity index (χ1n) is 5.68. The van der Waals surface area contributed by atoms with E-state index < -0.39 is 37.9 Å². The Morgan fingerprint density at radius 3 is 2.70 bits per heavy atom. The Bertz CT molecular complexity index is 460. The molecular formula is C12H13ClF3NO3. The number of alkyl halides is 2. The maximum atomic E-state index is 12.8. The van der Waals surface area contributed by atoms with E-state index in [-0.39, 0.29) is 17.3 Å². The average molecular weight is 312 g/mol. The lowest BCUT2D eigenvalue weighted by Gasteiger charge is -2.21. The molecule has 1 rings (SSSR count). The lowest BCUT2D eigenvalue weighted by Crippen LogP contribution is -2.40. The van der Waals surface area contributed by atoms with Crippen LogP contribution in [0.1, 0.15) is 0 Å². The van der Waals surface area contributed by atoms with Gasteiger partial charge in [-0.25, -0.2) is 13.2 Å². The van der Waals surface area contributed by atoms with Crippen LogP contribution in [0, 0.1) is 5.82 Å². The fraction of sp³-hybridized carbons (Fsp3) is 0.417. The maximum absolute atomic E-state index is 12.8. The van der Waals surface area contributed by atoms with Crippen LogP contribution in [-0.2, 0) is 4.79 Å². The molecule has 4 nitrogen and oxygen atoms in total. The van der Waals surface area contributed by atoms with E-state index in [0.29, 0.717) is 0 Å². The summed E-state index contributed by atoms with van der Waals surface area (Å²) in [5, 5.41) is 8.69. The number of ether oxygens (including phenoxy) is 1. The van der Waals surface area contributed by atoms with Crippen LogP contribution in [0.3, 0.4) is 0 Å². The Kier molecular flexibility index (Phi) is 6.60. The van der Waals surface area contributed by atoms with Crippen LogP contribution in [0.25, 0.3) is 0 Å². The molecule has 1 aromatic carbocycles. The van der Waals surface area contributed by atoms with Crippen molar-refractivity contribution < 1.29 is 27.8 Å². The molecule has 0 bridgehead atoms. The van der Waals surface area contributed by atoms with Crippen molar-refractivity contribution in [1.29, 1.82) is 0 Å². The van der Waals surface area contributed by atoms with Gasteiger partial charge in [0, 0.05) is 6.54 Å². The summed E-state index contributed by atoms with van der Waals surface area (Å²) in [7, 11) is 0. The zero-order valence-electron chi connectivity index (χ0n) is 10.4. The first kappa shape index (κ1) is 16.6. The minimum Gasteiger partial charge on any atom is -0.482 e. The average Bonchev–Trinajstić information content (AvgIpc) is 2.36. The Morgan fingerprint density at radius 2 is 2.15 bits per heavy atom. The molecule has 1 amide bonds. The van der Waals surface area contributed by atoms with Crippen molar-refractivity contribution in [3.63, 3.8) is 0 Å². The third-order valence-corrected chi connectivity index (χ3v) is 2.62. The molecule has 0 aromatic heterocycles. The number of amides is 1. The van der Waals surface area contributed by atoms with E-state index in [4.69, 9.17) is 21.4 Å². The van der Waals surface area contributed by atoms with Crippen molar-refractivity contribution in [2.45, 2.75) is 6.43 Å². The van der Waals surface area contributed by atoms with Gasteiger partial charge in [-0.15, -0.1) is 0 Å². The van der Waals surface area contributed by atoms with Gasteiger partial charge in [0.15, 0.2) is 6.61 Å². The Balaban J connectivity index is 2.59. The molecule has 0 unspecified atom stereocenters. The van der Waals surface area contributed by atoms with Gasteiger partial charge in [0.1, 0.15) is 11.6 Å². The van der Waals surface area contributed by atoms with E-state index in [1.54, 1.807) is 0 Å². The second kappa shape index (κ2) is 7.96. The topological polar surface area (TPSA) is 49.8 Å². The molecule has 112 valence electrons. The summed E-state index contributed by atoms with van der Waals surface area (Å²) in [6.45, 7) is -1.97. The van der Waals surface area contributed by atoms with E-state index in [0.717, 1.165) is 17.0 Å². The quantitative estimate of drug-likeness (QED) is 0.837. The number of rotatable bonds is 7. The number of aliphatic hydroxyl groups excluding tert-OH is 1. The molecule has 0 saturated heterocycles. The normalized spacial score (nSPS) is 10.7. The second-order valence-electron chi connectivity index (χ2n) is 3.82. The molecule has 0 fully saturated rings. The van der Waals surface area contributed by atoms with Gasteiger partial charge in [-0.2, -0.15) is 0 Å². The molecule has 8 heteroatoms. The van der Waals surface area contributed by atoms with Crippen molar-refractivity contribution in [2.24, 2.45) is 0 Å². The Morgan fingerprint density at radius 1 is 1.45 bits per heavy atom. The molecule has 1 N–H and O–H groups in total. The van der Waals surface area contributed by atoms with Crippen LogP contribution in [0.2, 0.25) is 5.02 Å². The third kappa shape index (κ3) is 5.26. The van der Waals surface area contributed by atoms with E-state index in [2.05, 4.69) is 0 Å². The number of halogens is 4. The van der Waals surface area contributed by atoms with Gasteiger partial charge >= 0.3 is 0 Å². The number of aliphatic hydroxyl groups is 1. The van der Waals surface area contributed by atoms with Crippen LogP contribution >= 0.6 is 11.6 Å². The zero-order chi connectivity index (χ0) is 15.1. The van der Waals surface area contributed by atoms with Crippen molar-refractivity contribution in [1.82, 2.24) is 4.90 Å². The SMILES string of the molecule is O=C(COc1ccc(F)cc1Cl)N(CCO)CC(F)F. The van der Waals surface area contributed by atoms with Crippen LogP contribution in [0.5, 0.6) is 5.75 Å². The number of hydrogen-bond acceptors (Lipinski definition) is 3. The fourth-order valence-corrected chi connectivity index (χ4v) is 1.65. The molecule has 1 aromatic rings. The van der Waals surface area contributed by atoms with Crippen LogP contribution in [0.15, 0.2) is 18.2 Å². The van der Waals surface area contributed by atoms with Crippen molar-refractivity contribution in [3.05, 3.63) is 29.0 Å². The van der Waals surface area contributed by atoms with E-state index >= 15 is 0 Å². The van der Waals surface area contributed by atoms with Gasteiger partial charge in [-0.05, 0) is 18.2 Å². The predicted octanol–water partition coefficient (Wildman–Crippen LogP) is 1.94. The summed E-state index contributed by atoms with van der Waals surface area (Å²) in [5.41, 5.74) is 0. The van der Waals surface area contributed by atoms with Crippen molar-refractivity contribution >= 4 is 17.5 Å². The van der Waals surface area contributed by atoms with E-state index in [1.165, 1.54) is 6.07 Å². The zero-order valence-corrected chi connectivity index (χ0v) is 11.1. The lowest BCUT2D eigenvalue weighted by atomic mass is 10.3. The second-order valence-corrected chi connectivity index (χ2v) is 4.23. The number of carbonyl (C=O) groups is 1. The summed E-state index contributed by atoms with van der Waals surface area (Å²) >= 11 is 5.69. The van der Waals surface area contributed by atoms with Crippen LogP contribution in [0.4, 0.5) is 13.2 Å². The van der Waals surface area contributed by atoms with E-state index in [1.807, 2.05) is 0 Å². The Hall–Kier alpha value is -1.47. The standard InChI is InChI=1S/C12H13ClF3NO3/c13-9-5-8(14)1-2-10(9)20-7-12(19)17(3-4-18)6-11(15)16/h1-2,5,11,18H,3-4,6-7H2. The summed E-state index contributed by atoms with van der Waals surface area (Å²) in [4.78, 5) is 12.4. The summed E-state index contributed by atoms with van der Waals surface area (Å²) in [6, 6.07) is 3.33. The molecule has 0 spiro atoms. The minimum atomic E-state index is -2.71. The number of nitrogens with zero attached hydrogens (tertiary/aromatic N) is 1. The highest BCUT2D eigenvalue weighted by Crippen LogP contribution is 2.24. The Labute approximate surface area is 118 Å². The molecule has 0 radical (unpaired) electrons. The number of benzene rings is 1. The lowest BCUT2D eigenvalue weighted by molar-refractivity contribution is -0.135. The molecule has 0 aliphatic carbocycles. The van der Waals surface area contributed by atoms with E-state index in [9.17, 15) is 18.0 Å². The van der Waals surface area contributed by atoms with Crippen molar-refractivity contribution in [3.8, 4) is 5.75 Å². The van der Waals surface area contributed by atoms with Gasteiger partial charge < -0.3 is 14.7 Å². The maximum Gasteiger partial charge on any atom is 0.260 e. The highest BCUT2D eigenvalue weighted by molar-refractivity contribution is 6.32. The molecule has 0 saturated carbocycles. The minimum absolute atomic E-state index is 0.0274. The fourth-order valence-electron chi connectivity index (χ4n) is 1.43. The predicted molar refractivity (Wildman–Crippen MR) is 66.6 cm³/mol. The highest BCUT2D eigenvalue weighted by Gasteiger charge is 2.18. The first-order chi connectivity index (χ1) is 9.43. The monoisotopic (exact) mass is 311 g/mol. The molecule has 0 atom stereocenters. The molecule has 0 heterocycles. The van der Waals surface area contributed by atoms with Crippen molar-refractivity contribution in [2.75, 3.05) is 26.3 Å². The first-order valence-corrected chi connectivity index (χ1v) is 6.06. The van der Waals surface area contributed by atoms with Gasteiger partial charge in [-0.3, -0.25) is 4.79 Å². The van der Waals surface area contributed by atoms with Gasteiger partial charge in [-0.1, -0.05) is 11.6 Å². The van der Waals surface area contributed by atoms with Crippen LogP contribution < -0.4 is 4.74 Å². The van der Waals surface area contributed by atoms with Gasteiger partial charge in [0.2, 0.25) is 0 Å².